The van der Waals surface area contributed by atoms with Gasteiger partial charge in [0.2, 0.25) is 0 Å². The summed E-state index contributed by atoms with van der Waals surface area (Å²) in [4.78, 5) is 28.3. The molecular formula is C21H27N3O3. The second-order valence-corrected chi connectivity index (χ2v) is 6.94. The molecule has 3 rings (SSSR count). The largest absolute Gasteiger partial charge is 0.459 e. The van der Waals surface area contributed by atoms with Crippen molar-refractivity contribution in [2.45, 2.75) is 33.1 Å². The Labute approximate surface area is 160 Å². The molecule has 1 fully saturated rings. The number of anilines is 1. The van der Waals surface area contributed by atoms with Gasteiger partial charge in [-0.3, -0.25) is 4.79 Å². The Morgan fingerprint density at radius 1 is 1.11 bits per heavy atom. The molecular weight excluding hydrogens is 342 g/mol. The lowest BCUT2D eigenvalue weighted by atomic mass is 10.0. The van der Waals surface area contributed by atoms with Gasteiger partial charge in [0.1, 0.15) is 0 Å². The summed E-state index contributed by atoms with van der Waals surface area (Å²) in [5.41, 5.74) is 3.22. The van der Waals surface area contributed by atoms with E-state index in [9.17, 15) is 9.59 Å². The normalized spacial score (nSPS) is 14.3. The summed E-state index contributed by atoms with van der Waals surface area (Å²) in [5.74, 6) is 0.213. The number of urea groups is 1. The Kier molecular flexibility index (Phi) is 6.16. The number of hydrogen-bond acceptors (Lipinski definition) is 3. The highest BCUT2D eigenvalue weighted by molar-refractivity contribution is 5.92. The average Bonchev–Trinajstić information content (AvgIpc) is 3.22. The number of carbonyl (C=O) groups excluding carboxylic acids is 2. The first kappa shape index (κ1) is 19.0. The van der Waals surface area contributed by atoms with Crippen LogP contribution < -0.4 is 5.32 Å². The minimum absolute atomic E-state index is 0.121. The lowest BCUT2D eigenvalue weighted by Gasteiger charge is -2.34. The molecule has 1 aromatic heterocycles. The third-order valence-corrected chi connectivity index (χ3v) is 4.94. The molecule has 2 aromatic rings. The predicted molar refractivity (Wildman–Crippen MR) is 105 cm³/mol. The van der Waals surface area contributed by atoms with Crippen LogP contribution in [0, 0.1) is 6.92 Å². The van der Waals surface area contributed by atoms with E-state index in [2.05, 4.69) is 24.4 Å². The Balaban J connectivity index is 1.53. The molecule has 144 valence electrons. The molecule has 6 nitrogen and oxygen atoms in total. The van der Waals surface area contributed by atoms with E-state index in [0.29, 0.717) is 31.9 Å². The number of furan rings is 1. The minimum atomic E-state index is -0.126. The van der Waals surface area contributed by atoms with Gasteiger partial charge in [0.05, 0.1) is 6.26 Å². The molecule has 3 amide bonds. The second kappa shape index (κ2) is 8.75. The zero-order chi connectivity index (χ0) is 19.2. The van der Waals surface area contributed by atoms with Crippen LogP contribution >= 0.6 is 0 Å². The van der Waals surface area contributed by atoms with Crippen LogP contribution in [0.4, 0.5) is 10.5 Å². The van der Waals surface area contributed by atoms with E-state index in [-0.39, 0.29) is 11.9 Å². The monoisotopic (exact) mass is 369 g/mol. The van der Waals surface area contributed by atoms with Gasteiger partial charge in [0.15, 0.2) is 5.76 Å². The summed E-state index contributed by atoms with van der Waals surface area (Å²) in [6.07, 6.45) is 4.90. The Morgan fingerprint density at radius 2 is 1.85 bits per heavy atom. The molecule has 1 aromatic carbocycles. The molecule has 1 aliphatic rings. The van der Waals surface area contributed by atoms with Crippen molar-refractivity contribution in [1.29, 1.82) is 0 Å². The lowest BCUT2D eigenvalue weighted by molar-refractivity contribution is 0.0640. The SMILES string of the molecule is CCCCc1ccc(NC(=O)N2CCN(C(=O)c3ccco3)CC2)c(C)c1. The third-order valence-electron chi connectivity index (χ3n) is 4.94. The molecule has 1 N–H and O–H groups in total. The van der Waals surface area contributed by atoms with E-state index in [1.807, 2.05) is 13.0 Å². The predicted octanol–water partition coefficient (Wildman–Crippen LogP) is 3.92. The lowest BCUT2D eigenvalue weighted by Crippen LogP contribution is -2.51. The molecule has 0 aliphatic carbocycles. The number of unbranched alkanes of at least 4 members (excludes halogenated alkanes) is 1. The van der Waals surface area contributed by atoms with Gasteiger partial charge in [-0.05, 0) is 49.1 Å². The standard InChI is InChI=1S/C21H27N3O3/c1-3-4-6-17-8-9-18(16(2)15-17)22-21(26)24-12-10-23(11-13-24)20(25)19-7-5-14-27-19/h5,7-9,14-15H,3-4,6,10-13H2,1-2H3,(H,22,26). The zero-order valence-corrected chi connectivity index (χ0v) is 16.0. The third kappa shape index (κ3) is 4.70. The van der Waals surface area contributed by atoms with Crippen LogP contribution in [0.1, 0.15) is 41.4 Å². The van der Waals surface area contributed by atoms with Crippen molar-refractivity contribution in [1.82, 2.24) is 9.80 Å². The first-order chi connectivity index (χ1) is 13.1. The van der Waals surface area contributed by atoms with Crippen molar-refractivity contribution in [2.75, 3.05) is 31.5 Å². The molecule has 2 heterocycles. The van der Waals surface area contributed by atoms with Crippen molar-refractivity contribution in [3.8, 4) is 0 Å². The summed E-state index contributed by atoms with van der Waals surface area (Å²) in [7, 11) is 0. The van der Waals surface area contributed by atoms with Gasteiger partial charge in [-0.2, -0.15) is 0 Å². The van der Waals surface area contributed by atoms with E-state index >= 15 is 0 Å². The minimum Gasteiger partial charge on any atom is -0.459 e. The zero-order valence-electron chi connectivity index (χ0n) is 16.0. The van der Waals surface area contributed by atoms with Crippen molar-refractivity contribution in [2.24, 2.45) is 0 Å². The van der Waals surface area contributed by atoms with Crippen molar-refractivity contribution < 1.29 is 14.0 Å². The van der Waals surface area contributed by atoms with Gasteiger partial charge < -0.3 is 19.5 Å². The van der Waals surface area contributed by atoms with E-state index < -0.39 is 0 Å². The van der Waals surface area contributed by atoms with Gasteiger partial charge in [-0.15, -0.1) is 0 Å². The first-order valence-corrected chi connectivity index (χ1v) is 9.56. The Bertz CT molecular complexity index is 778. The van der Waals surface area contributed by atoms with Crippen LogP contribution in [0.2, 0.25) is 0 Å². The summed E-state index contributed by atoms with van der Waals surface area (Å²) in [6, 6.07) is 9.45. The smallest absolute Gasteiger partial charge is 0.321 e. The van der Waals surface area contributed by atoms with Crippen LogP contribution in [0.15, 0.2) is 41.0 Å². The van der Waals surface area contributed by atoms with Gasteiger partial charge in [-0.1, -0.05) is 25.5 Å². The molecule has 0 atom stereocenters. The highest BCUT2D eigenvalue weighted by Crippen LogP contribution is 2.19. The maximum Gasteiger partial charge on any atom is 0.321 e. The summed E-state index contributed by atoms with van der Waals surface area (Å²) in [5, 5.41) is 3.00. The number of nitrogens with one attached hydrogen (secondary N) is 1. The number of hydrogen-bond donors (Lipinski definition) is 1. The molecule has 1 saturated heterocycles. The molecule has 0 bridgehead atoms. The second-order valence-electron chi connectivity index (χ2n) is 6.94. The van der Waals surface area contributed by atoms with Crippen molar-refractivity contribution in [3.63, 3.8) is 0 Å². The van der Waals surface area contributed by atoms with Crippen LogP contribution in [0.5, 0.6) is 0 Å². The quantitative estimate of drug-likeness (QED) is 0.869. The van der Waals surface area contributed by atoms with Gasteiger partial charge in [-0.25, -0.2) is 4.79 Å². The van der Waals surface area contributed by atoms with Crippen LogP contribution in [-0.4, -0.2) is 47.9 Å². The van der Waals surface area contributed by atoms with Gasteiger partial charge in [0.25, 0.3) is 5.91 Å². The highest BCUT2D eigenvalue weighted by Gasteiger charge is 2.26. The molecule has 0 saturated carbocycles. The van der Waals surface area contributed by atoms with E-state index in [1.54, 1.807) is 21.9 Å². The van der Waals surface area contributed by atoms with Crippen molar-refractivity contribution in [3.05, 3.63) is 53.5 Å². The number of rotatable bonds is 5. The topological polar surface area (TPSA) is 65.8 Å². The van der Waals surface area contributed by atoms with Crippen LogP contribution in [-0.2, 0) is 6.42 Å². The molecule has 0 radical (unpaired) electrons. The van der Waals surface area contributed by atoms with E-state index in [0.717, 1.165) is 17.7 Å². The first-order valence-electron chi connectivity index (χ1n) is 9.56. The van der Waals surface area contributed by atoms with Crippen LogP contribution in [0.3, 0.4) is 0 Å². The average molecular weight is 369 g/mol. The number of piperazine rings is 1. The fourth-order valence-electron chi connectivity index (χ4n) is 3.27. The van der Waals surface area contributed by atoms with Gasteiger partial charge in [0, 0.05) is 31.9 Å². The summed E-state index contributed by atoms with van der Waals surface area (Å²) >= 11 is 0. The fraction of sp³-hybridized carbons (Fsp3) is 0.429. The van der Waals surface area contributed by atoms with Crippen LogP contribution in [0.25, 0.3) is 0 Å². The maximum atomic E-state index is 12.6. The molecule has 0 spiro atoms. The van der Waals surface area contributed by atoms with E-state index in [4.69, 9.17) is 4.42 Å². The van der Waals surface area contributed by atoms with E-state index in [1.165, 1.54) is 24.7 Å². The summed E-state index contributed by atoms with van der Waals surface area (Å²) in [6.45, 7) is 6.22. The molecule has 6 heteroatoms. The Hall–Kier alpha value is -2.76. The highest BCUT2D eigenvalue weighted by atomic mass is 16.3. The number of nitrogens with zero attached hydrogens (tertiary/aromatic N) is 2. The molecule has 0 unspecified atom stereocenters. The maximum absolute atomic E-state index is 12.6. The number of benzene rings is 1. The Morgan fingerprint density at radius 3 is 2.48 bits per heavy atom. The van der Waals surface area contributed by atoms with Crippen molar-refractivity contribution >= 4 is 17.6 Å². The summed E-state index contributed by atoms with van der Waals surface area (Å²) < 4.78 is 5.16. The fourth-order valence-corrected chi connectivity index (χ4v) is 3.27. The van der Waals surface area contributed by atoms with Gasteiger partial charge >= 0.3 is 6.03 Å². The molecule has 1 aliphatic heterocycles. The number of amides is 3. The molecule has 27 heavy (non-hydrogen) atoms. The number of aryl methyl sites for hydroxylation is 2. The number of carbonyl (C=O) groups is 2.